The molecule has 0 aliphatic rings. The van der Waals surface area contributed by atoms with Crippen LogP contribution in [0.2, 0.25) is 0 Å². The van der Waals surface area contributed by atoms with Gasteiger partial charge in [0.2, 0.25) is 0 Å². The number of ether oxygens (including phenoxy) is 1. The molecule has 0 aromatic heterocycles. The van der Waals surface area contributed by atoms with E-state index in [1.54, 1.807) is 0 Å². The molecule has 1 aromatic carbocycles. The predicted molar refractivity (Wildman–Crippen MR) is 68.4 cm³/mol. The minimum atomic E-state index is -0.523. The van der Waals surface area contributed by atoms with E-state index in [1.165, 1.54) is 5.56 Å². The number of benzene rings is 1. The molecule has 1 rings (SSSR count). The van der Waals surface area contributed by atoms with Crippen molar-refractivity contribution in [2.45, 2.75) is 39.8 Å². The number of nitrogens with two attached hydrogens (primary N) is 1. The second-order valence-electron chi connectivity index (χ2n) is 4.50. The van der Waals surface area contributed by atoms with Gasteiger partial charge in [0.25, 0.3) is 0 Å². The summed E-state index contributed by atoms with van der Waals surface area (Å²) < 4.78 is 5.19. The smallest absolute Gasteiger partial charge is 0.323 e. The summed E-state index contributed by atoms with van der Waals surface area (Å²) in [6.45, 7) is 6.29. The standard InChI is InChI=1S/C14H21NO2/c1-4-11(3)13(15)14(16)17-9-12-7-5-10(2)6-8-12/h5-8,11,13H,4,9,15H2,1-3H3. The van der Waals surface area contributed by atoms with E-state index >= 15 is 0 Å². The van der Waals surface area contributed by atoms with Gasteiger partial charge >= 0.3 is 5.97 Å². The summed E-state index contributed by atoms with van der Waals surface area (Å²) in [4.78, 5) is 11.6. The first-order valence-corrected chi connectivity index (χ1v) is 6.02. The monoisotopic (exact) mass is 235 g/mol. The molecule has 94 valence electrons. The fourth-order valence-corrected chi connectivity index (χ4v) is 1.42. The molecule has 1 aromatic rings. The number of rotatable bonds is 5. The van der Waals surface area contributed by atoms with Crippen LogP contribution in [0.25, 0.3) is 0 Å². The van der Waals surface area contributed by atoms with Gasteiger partial charge in [-0.05, 0) is 18.4 Å². The molecule has 0 bridgehead atoms. The zero-order valence-electron chi connectivity index (χ0n) is 10.8. The zero-order valence-corrected chi connectivity index (χ0v) is 10.8. The van der Waals surface area contributed by atoms with Crippen molar-refractivity contribution in [3.05, 3.63) is 35.4 Å². The van der Waals surface area contributed by atoms with Gasteiger partial charge in [0.15, 0.2) is 0 Å². The highest BCUT2D eigenvalue weighted by Gasteiger charge is 2.20. The maximum absolute atomic E-state index is 11.6. The summed E-state index contributed by atoms with van der Waals surface area (Å²) in [6.07, 6.45) is 0.876. The van der Waals surface area contributed by atoms with Crippen molar-refractivity contribution in [2.24, 2.45) is 11.7 Å². The van der Waals surface area contributed by atoms with E-state index in [0.717, 1.165) is 12.0 Å². The highest BCUT2D eigenvalue weighted by atomic mass is 16.5. The van der Waals surface area contributed by atoms with Gasteiger partial charge < -0.3 is 10.5 Å². The first-order valence-electron chi connectivity index (χ1n) is 6.02. The number of hydrogen-bond acceptors (Lipinski definition) is 3. The molecule has 2 atom stereocenters. The van der Waals surface area contributed by atoms with Crippen LogP contribution in [0.4, 0.5) is 0 Å². The van der Waals surface area contributed by atoms with Crippen LogP contribution in [0.15, 0.2) is 24.3 Å². The molecule has 0 amide bonds. The van der Waals surface area contributed by atoms with E-state index < -0.39 is 6.04 Å². The second kappa shape index (κ2) is 6.40. The number of carbonyl (C=O) groups excluding carboxylic acids is 1. The second-order valence-corrected chi connectivity index (χ2v) is 4.50. The maximum Gasteiger partial charge on any atom is 0.323 e. The van der Waals surface area contributed by atoms with Crippen LogP contribution in [0, 0.1) is 12.8 Å². The van der Waals surface area contributed by atoms with E-state index in [0.29, 0.717) is 6.61 Å². The molecule has 3 nitrogen and oxygen atoms in total. The van der Waals surface area contributed by atoms with Gasteiger partial charge in [-0.1, -0.05) is 50.1 Å². The summed E-state index contributed by atoms with van der Waals surface area (Å²) in [5.41, 5.74) is 7.96. The lowest BCUT2D eigenvalue weighted by Crippen LogP contribution is -2.37. The normalized spacial score (nSPS) is 14.1. The quantitative estimate of drug-likeness (QED) is 0.797. The van der Waals surface area contributed by atoms with E-state index in [-0.39, 0.29) is 11.9 Å². The highest BCUT2D eigenvalue weighted by Crippen LogP contribution is 2.09. The van der Waals surface area contributed by atoms with Crippen LogP contribution in [-0.2, 0) is 16.1 Å². The lowest BCUT2D eigenvalue weighted by molar-refractivity contribution is -0.147. The summed E-state index contributed by atoms with van der Waals surface area (Å²) in [5.74, 6) is -0.166. The minimum Gasteiger partial charge on any atom is -0.460 e. The molecule has 2 unspecified atom stereocenters. The molecule has 0 aliphatic carbocycles. The highest BCUT2D eigenvalue weighted by molar-refractivity contribution is 5.75. The van der Waals surface area contributed by atoms with Crippen molar-refractivity contribution in [3.63, 3.8) is 0 Å². The molecule has 2 N–H and O–H groups in total. The van der Waals surface area contributed by atoms with Crippen molar-refractivity contribution >= 4 is 5.97 Å². The first-order chi connectivity index (χ1) is 8.04. The Morgan fingerprint density at radius 1 is 1.35 bits per heavy atom. The average molecular weight is 235 g/mol. The third kappa shape index (κ3) is 4.19. The fourth-order valence-electron chi connectivity index (χ4n) is 1.42. The molecule has 0 radical (unpaired) electrons. The van der Waals surface area contributed by atoms with E-state index in [2.05, 4.69) is 0 Å². The Hall–Kier alpha value is -1.35. The van der Waals surface area contributed by atoms with Crippen LogP contribution >= 0.6 is 0 Å². The van der Waals surface area contributed by atoms with Crippen molar-refractivity contribution < 1.29 is 9.53 Å². The van der Waals surface area contributed by atoms with Crippen LogP contribution in [0.3, 0.4) is 0 Å². The third-order valence-corrected chi connectivity index (χ3v) is 3.03. The Bertz CT molecular complexity index is 359. The van der Waals surface area contributed by atoms with Gasteiger partial charge in [-0.3, -0.25) is 4.79 Å². The Labute approximate surface area is 103 Å². The summed E-state index contributed by atoms with van der Waals surface area (Å²) in [7, 11) is 0. The lowest BCUT2D eigenvalue weighted by atomic mass is 10.0. The Kier molecular flexibility index (Phi) is 5.16. The molecule has 0 heterocycles. The van der Waals surface area contributed by atoms with Gasteiger partial charge in [-0.15, -0.1) is 0 Å². The van der Waals surface area contributed by atoms with Gasteiger partial charge in [-0.25, -0.2) is 0 Å². The van der Waals surface area contributed by atoms with Gasteiger partial charge in [0.1, 0.15) is 12.6 Å². The van der Waals surface area contributed by atoms with Crippen molar-refractivity contribution in [2.75, 3.05) is 0 Å². The SMILES string of the molecule is CCC(C)C(N)C(=O)OCc1ccc(C)cc1. The van der Waals surface area contributed by atoms with E-state index in [1.807, 2.05) is 45.0 Å². The largest absolute Gasteiger partial charge is 0.460 e. The Morgan fingerprint density at radius 3 is 2.47 bits per heavy atom. The van der Waals surface area contributed by atoms with Crippen LogP contribution in [0.5, 0.6) is 0 Å². The van der Waals surface area contributed by atoms with Gasteiger partial charge in [0, 0.05) is 0 Å². The minimum absolute atomic E-state index is 0.153. The number of aryl methyl sites for hydroxylation is 1. The molecule has 3 heteroatoms. The summed E-state index contributed by atoms with van der Waals surface area (Å²) in [5, 5.41) is 0. The van der Waals surface area contributed by atoms with Crippen molar-refractivity contribution in [3.8, 4) is 0 Å². The molecule has 0 fully saturated rings. The molecule has 0 spiro atoms. The number of carbonyl (C=O) groups is 1. The van der Waals surface area contributed by atoms with Crippen LogP contribution in [0.1, 0.15) is 31.4 Å². The van der Waals surface area contributed by atoms with Crippen molar-refractivity contribution in [1.29, 1.82) is 0 Å². The predicted octanol–water partition coefficient (Wildman–Crippen LogP) is 2.41. The summed E-state index contributed by atoms with van der Waals surface area (Å²) in [6, 6.07) is 7.38. The zero-order chi connectivity index (χ0) is 12.8. The Balaban J connectivity index is 2.45. The van der Waals surface area contributed by atoms with Gasteiger partial charge in [-0.2, -0.15) is 0 Å². The van der Waals surface area contributed by atoms with Crippen molar-refractivity contribution in [1.82, 2.24) is 0 Å². The lowest BCUT2D eigenvalue weighted by Gasteiger charge is -2.16. The fraction of sp³-hybridized carbons (Fsp3) is 0.500. The number of hydrogen-bond donors (Lipinski definition) is 1. The summed E-state index contributed by atoms with van der Waals surface area (Å²) >= 11 is 0. The maximum atomic E-state index is 11.6. The van der Waals surface area contributed by atoms with Gasteiger partial charge in [0.05, 0.1) is 0 Å². The molecule has 0 aliphatic heterocycles. The average Bonchev–Trinajstić information content (AvgIpc) is 2.35. The Morgan fingerprint density at radius 2 is 1.94 bits per heavy atom. The molecular formula is C14H21NO2. The molecular weight excluding hydrogens is 214 g/mol. The van der Waals surface area contributed by atoms with Crippen LogP contribution in [-0.4, -0.2) is 12.0 Å². The number of esters is 1. The van der Waals surface area contributed by atoms with E-state index in [4.69, 9.17) is 10.5 Å². The van der Waals surface area contributed by atoms with E-state index in [9.17, 15) is 4.79 Å². The molecule has 0 saturated carbocycles. The topological polar surface area (TPSA) is 52.3 Å². The third-order valence-electron chi connectivity index (χ3n) is 3.03. The molecule has 0 saturated heterocycles. The molecule has 17 heavy (non-hydrogen) atoms. The van der Waals surface area contributed by atoms with Crippen LogP contribution < -0.4 is 5.73 Å². The first kappa shape index (κ1) is 13.7.